The van der Waals surface area contributed by atoms with E-state index in [1.165, 1.54) is 0 Å². The van der Waals surface area contributed by atoms with Crippen molar-refractivity contribution in [3.63, 3.8) is 0 Å². The Balaban J connectivity index is 1.71. The lowest BCUT2D eigenvalue weighted by Gasteiger charge is -2.21. The van der Waals surface area contributed by atoms with Crippen molar-refractivity contribution in [1.29, 1.82) is 0 Å². The molecule has 5 nitrogen and oxygen atoms in total. The Labute approximate surface area is 197 Å². The molecule has 0 radical (unpaired) electrons. The number of carbonyl (C=O) groups is 1. The van der Waals surface area contributed by atoms with E-state index < -0.39 is 47.0 Å². The minimum Gasteiger partial charge on any atom is -0.392 e. The molecule has 0 saturated carbocycles. The van der Waals surface area contributed by atoms with Gasteiger partial charge in [-0.3, -0.25) is 4.79 Å². The van der Waals surface area contributed by atoms with Crippen molar-refractivity contribution >= 4 is 17.8 Å². The summed E-state index contributed by atoms with van der Waals surface area (Å²) in [5.74, 6) is -11.7. The molecule has 0 atom stereocenters. The molecular weight excluding hydrogens is 469 g/mol. The Bertz CT molecular complexity index is 1360. The molecule has 0 saturated heterocycles. The molecular formula is C25H20F5N3O2. The molecule has 0 aliphatic heterocycles. The summed E-state index contributed by atoms with van der Waals surface area (Å²) in [6.45, 7) is 3.49. The van der Waals surface area contributed by atoms with E-state index >= 15 is 0 Å². The van der Waals surface area contributed by atoms with Gasteiger partial charge < -0.3 is 10.4 Å². The molecule has 2 N–H and O–H groups in total. The highest BCUT2D eigenvalue weighted by Gasteiger charge is 2.28. The molecule has 0 bridgehead atoms. The van der Waals surface area contributed by atoms with Crippen LogP contribution in [0.4, 0.5) is 27.8 Å². The summed E-state index contributed by atoms with van der Waals surface area (Å²) in [7, 11) is 0. The zero-order chi connectivity index (χ0) is 25.4. The van der Waals surface area contributed by atoms with E-state index in [-0.39, 0.29) is 18.1 Å². The summed E-state index contributed by atoms with van der Waals surface area (Å²) in [6, 6.07) is 5.50. The lowest BCUT2D eigenvalue weighted by molar-refractivity contribution is -0.115. The highest BCUT2D eigenvalue weighted by atomic mass is 19.2. The largest absolute Gasteiger partial charge is 0.392 e. The number of aliphatic hydroxyl groups excluding tert-OH is 1. The average molecular weight is 489 g/mol. The number of carbonyl (C=O) groups excluding carboxylic acids is 1. The van der Waals surface area contributed by atoms with Gasteiger partial charge in [0.05, 0.1) is 24.4 Å². The van der Waals surface area contributed by atoms with Crippen molar-refractivity contribution in [1.82, 2.24) is 9.97 Å². The van der Waals surface area contributed by atoms with Crippen LogP contribution in [0.2, 0.25) is 0 Å². The molecule has 2 aromatic carbocycles. The Hall–Kier alpha value is -3.66. The Morgan fingerprint density at radius 1 is 1.00 bits per heavy atom. The topological polar surface area (TPSA) is 75.1 Å². The number of nitrogens with one attached hydrogen (secondary N) is 1. The Kier molecular flexibility index (Phi) is 6.66. The molecule has 4 rings (SSSR count). The number of fused-ring (bicyclic) bond motifs is 3. The minimum atomic E-state index is -2.29. The van der Waals surface area contributed by atoms with Crippen molar-refractivity contribution in [2.45, 2.75) is 39.7 Å². The van der Waals surface area contributed by atoms with Gasteiger partial charge in [-0.1, -0.05) is 23.8 Å². The summed E-state index contributed by atoms with van der Waals surface area (Å²) >= 11 is 0. The zero-order valence-electron chi connectivity index (χ0n) is 18.8. The number of halogens is 5. The first-order valence-electron chi connectivity index (χ1n) is 10.7. The van der Waals surface area contributed by atoms with E-state index in [9.17, 15) is 31.9 Å². The van der Waals surface area contributed by atoms with Crippen molar-refractivity contribution < 1.29 is 31.9 Å². The van der Waals surface area contributed by atoms with E-state index in [1.807, 2.05) is 12.1 Å². The summed E-state index contributed by atoms with van der Waals surface area (Å²) < 4.78 is 68.4. The summed E-state index contributed by atoms with van der Waals surface area (Å²) in [5.41, 5.74) is 3.62. The number of benzene rings is 2. The molecule has 1 heterocycles. The smallest absolute Gasteiger partial charge is 0.230 e. The second-order valence-electron chi connectivity index (χ2n) is 8.40. The third kappa shape index (κ3) is 4.66. The Morgan fingerprint density at radius 2 is 1.66 bits per heavy atom. The SMILES string of the molecule is CC(C)=Cc1nc2c(nc1NC(=O)Cc1c(F)c(F)c(F)c(F)c1F)CCc1cc(CO)ccc1-2. The van der Waals surface area contributed by atoms with Gasteiger partial charge in [0, 0.05) is 11.1 Å². The van der Waals surface area contributed by atoms with E-state index in [0.717, 1.165) is 22.3 Å². The van der Waals surface area contributed by atoms with Gasteiger partial charge in [0.25, 0.3) is 0 Å². The van der Waals surface area contributed by atoms with Crippen molar-refractivity contribution in [2.75, 3.05) is 5.32 Å². The lowest BCUT2D eigenvalue weighted by Crippen LogP contribution is -2.21. The Morgan fingerprint density at radius 3 is 2.29 bits per heavy atom. The van der Waals surface area contributed by atoms with Crippen LogP contribution in [-0.2, 0) is 30.7 Å². The van der Waals surface area contributed by atoms with E-state index in [2.05, 4.69) is 15.3 Å². The maximum atomic E-state index is 14.0. The summed E-state index contributed by atoms with van der Waals surface area (Å²) in [6.07, 6.45) is 1.66. The third-order valence-corrected chi connectivity index (χ3v) is 5.55. The van der Waals surface area contributed by atoms with Crippen LogP contribution in [0.15, 0.2) is 23.8 Å². The van der Waals surface area contributed by atoms with Crippen LogP contribution in [0, 0.1) is 29.1 Å². The second kappa shape index (κ2) is 9.53. The van der Waals surface area contributed by atoms with E-state index in [4.69, 9.17) is 0 Å². The fourth-order valence-electron chi connectivity index (χ4n) is 3.92. The van der Waals surface area contributed by atoms with Crippen molar-refractivity contribution in [3.05, 3.63) is 80.9 Å². The number of aromatic nitrogens is 2. The number of rotatable bonds is 5. The standard InChI is InChI=1S/C25H20F5N3O2/c1-11(2)7-17-25(33-18(35)9-15-19(26)21(28)23(30)22(29)20(15)27)32-16-6-4-13-8-12(10-34)3-5-14(13)24(16)31-17/h3,5,7-8,34H,4,6,9-10H2,1-2H3,(H,32,33,35). The van der Waals surface area contributed by atoms with Gasteiger partial charge >= 0.3 is 0 Å². The number of amides is 1. The van der Waals surface area contributed by atoms with Gasteiger partial charge in [-0.05, 0) is 43.9 Å². The number of nitrogens with zero attached hydrogens (tertiary/aromatic N) is 2. The molecule has 0 spiro atoms. The third-order valence-electron chi connectivity index (χ3n) is 5.55. The predicted octanol–water partition coefficient (Wildman–Crippen LogP) is 5.03. The highest BCUT2D eigenvalue weighted by molar-refractivity contribution is 5.93. The second-order valence-corrected chi connectivity index (χ2v) is 8.40. The molecule has 1 amide bonds. The zero-order valence-corrected chi connectivity index (χ0v) is 18.8. The first kappa shape index (κ1) is 24.5. The fraction of sp³-hybridized carbons (Fsp3) is 0.240. The maximum Gasteiger partial charge on any atom is 0.230 e. The molecule has 0 unspecified atom stereocenters. The number of hydrogen-bond donors (Lipinski definition) is 2. The fourth-order valence-corrected chi connectivity index (χ4v) is 3.92. The van der Waals surface area contributed by atoms with Crippen molar-refractivity contribution in [3.8, 4) is 11.3 Å². The average Bonchev–Trinajstić information content (AvgIpc) is 2.83. The number of allylic oxidation sites excluding steroid dienone is 1. The quantitative estimate of drug-likeness (QED) is 0.299. The number of aliphatic hydroxyl groups is 1. The van der Waals surface area contributed by atoms with Gasteiger partial charge in [0.2, 0.25) is 11.7 Å². The molecule has 1 aliphatic rings. The van der Waals surface area contributed by atoms with E-state index in [0.29, 0.717) is 24.2 Å². The van der Waals surface area contributed by atoms with Crippen LogP contribution < -0.4 is 5.32 Å². The highest BCUT2D eigenvalue weighted by Crippen LogP contribution is 2.34. The van der Waals surface area contributed by atoms with E-state index in [1.54, 1.807) is 26.0 Å². The van der Waals surface area contributed by atoms with Gasteiger partial charge in [-0.25, -0.2) is 31.9 Å². The van der Waals surface area contributed by atoms with Gasteiger partial charge in [-0.15, -0.1) is 0 Å². The summed E-state index contributed by atoms with van der Waals surface area (Å²) in [5, 5.41) is 11.8. The first-order valence-corrected chi connectivity index (χ1v) is 10.7. The normalized spacial score (nSPS) is 12.1. The predicted molar refractivity (Wildman–Crippen MR) is 119 cm³/mol. The monoisotopic (exact) mass is 489 g/mol. The molecule has 1 aromatic heterocycles. The maximum absolute atomic E-state index is 14.0. The summed E-state index contributed by atoms with van der Waals surface area (Å²) in [4.78, 5) is 21.7. The van der Waals surface area contributed by atoms with Gasteiger partial charge in [0.15, 0.2) is 29.1 Å². The van der Waals surface area contributed by atoms with Crippen LogP contribution in [0.25, 0.3) is 17.3 Å². The van der Waals surface area contributed by atoms with Crippen LogP contribution in [-0.4, -0.2) is 21.0 Å². The lowest BCUT2D eigenvalue weighted by atomic mass is 9.90. The molecule has 10 heteroatoms. The molecule has 35 heavy (non-hydrogen) atoms. The molecule has 1 aliphatic carbocycles. The van der Waals surface area contributed by atoms with Crippen LogP contribution >= 0.6 is 0 Å². The number of anilines is 1. The van der Waals surface area contributed by atoms with Crippen LogP contribution in [0.5, 0.6) is 0 Å². The number of aryl methyl sites for hydroxylation is 2. The minimum absolute atomic E-state index is 0.00857. The van der Waals surface area contributed by atoms with Crippen LogP contribution in [0.3, 0.4) is 0 Å². The molecule has 182 valence electrons. The number of hydrogen-bond acceptors (Lipinski definition) is 4. The first-order chi connectivity index (χ1) is 16.6. The van der Waals surface area contributed by atoms with Gasteiger partial charge in [-0.2, -0.15) is 0 Å². The molecule has 3 aromatic rings. The van der Waals surface area contributed by atoms with Crippen molar-refractivity contribution in [2.24, 2.45) is 0 Å². The van der Waals surface area contributed by atoms with Crippen LogP contribution in [0.1, 0.15) is 41.9 Å². The molecule has 0 fully saturated rings. The van der Waals surface area contributed by atoms with Gasteiger partial charge in [0.1, 0.15) is 5.69 Å².